The molecule has 1 atom stereocenters. The van der Waals surface area contributed by atoms with E-state index in [0.29, 0.717) is 26.2 Å². The number of carbonyl (C=O) groups is 2. The van der Waals surface area contributed by atoms with E-state index in [9.17, 15) is 9.59 Å². The molecule has 0 saturated carbocycles. The number of fused-ring (bicyclic) bond motifs is 1. The summed E-state index contributed by atoms with van der Waals surface area (Å²) in [5, 5.41) is 5.27. The van der Waals surface area contributed by atoms with Gasteiger partial charge in [0.1, 0.15) is 0 Å². The number of nitrogens with one attached hydrogen (secondary N) is 1. The van der Waals surface area contributed by atoms with Crippen molar-refractivity contribution in [1.82, 2.24) is 15.1 Å². The third kappa shape index (κ3) is 3.32. The summed E-state index contributed by atoms with van der Waals surface area (Å²) >= 11 is 1.47. The third-order valence-electron chi connectivity index (χ3n) is 4.99. The van der Waals surface area contributed by atoms with Gasteiger partial charge in [0, 0.05) is 32.7 Å². The smallest absolute Gasteiger partial charge is 0.264 e. The number of thiophene rings is 1. The maximum absolute atomic E-state index is 12.8. The van der Waals surface area contributed by atoms with Crippen LogP contribution in [0.3, 0.4) is 0 Å². The molecule has 6 heteroatoms. The van der Waals surface area contributed by atoms with E-state index in [-0.39, 0.29) is 17.9 Å². The van der Waals surface area contributed by atoms with Gasteiger partial charge in [0.15, 0.2) is 0 Å². The molecule has 2 aliphatic rings. The minimum atomic E-state index is -0.158. The van der Waals surface area contributed by atoms with Gasteiger partial charge in [-0.05, 0) is 29.0 Å². The van der Waals surface area contributed by atoms with Crippen molar-refractivity contribution >= 4 is 23.2 Å². The van der Waals surface area contributed by atoms with Crippen LogP contribution in [-0.4, -0.2) is 53.8 Å². The number of amides is 2. The summed E-state index contributed by atoms with van der Waals surface area (Å²) in [5.74, 6) is 0.226. The molecule has 2 aliphatic heterocycles. The van der Waals surface area contributed by atoms with Gasteiger partial charge in [0.05, 0.1) is 10.9 Å². The predicted octanol–water partition coefficient (Wildman–Crippen LogP) is 1.75. The zero-order valence-electron chi connectivity index (χ0n) is 14.0. The summed E-state index contributed by atoms with van der Waals surface area (Å²) in [6, 6.07) is 11.9. The Balaban J connectivity index is 1.35. The van der Waals surface area contributed by atoms with Gasteiger partial charge in [-0.15, -0.1) is 11.3 Å². The van der Waals surface area contributed by atoms with Gasteiger partial charge in [0.2, 0.25) is 5.91 Å². The lowest BCUT2D eigenvalue weighted by Gasteiger charge is -2.37. The number of carbonyl (C=O) groups excluding carboxylic acids is 2. The quantitative estimate of drug-likeness (QED) is 0.893. The first-order valence-electron chi connectivity index (χ1n) is 8.64. The van der Waals surface area contributed by atoms with Crippen LogP contribution < -0.4 is 5.32 Å². The number of hydrogen-bond acceptors (Lipinski definition) is 4. The molecule has 2 aromatic rings. The monoisotopic (exact) mass is 355 g/mol. The zero-order valence-corrected chi connectivity index (χ0v) is 14.8. The van der Waals surface area contributed by atoms with Crippen LogP contribution in [0.15, 0.2) is 41.8 Å². The predicted molar refractivity (Wildman–Crippen MR) is 97.6 cm³/mol. The first-order valence-corrected chi connectivity index (χ1v) is 9.52. The molecule has 0 radical (unpaired) electrons. The van der Waals surface area contributed by atoms with Crippen LogP contribution in [0.1, 0.15) is 20.8 Å². The molecule has 1 N–H and O–H groups in total. The standard InChI is InChI=1S/C19H21N3O2S/c23-18(16-12-14-4-1-2-5-15(14)13-20-16)21-7-9-22(10-8-21)19(24)17-6-3-11-25-17/h1-6,11,16,20H,7-10,12-13H2. The van der Waals surface area contributed by atoms with E-state index in [1.165, 1.54) is 22.5 Å². The molecule has 0 bridgehead atoms. The summed E-state index contributed by atoms with van der Waals surface area (Å²) in [7, 11) is 0. The van der Waals surface area contributed by atoms with Gasteiger partial charge >= 0.3 is 0 Å². The molecule has 2 amide bonds. The first kappa shape index (κ1) is 16.3. The highest BCUT2D eigenvalue weighted by Gasteiger charge is 2.31. The third-order valence-corrected chi connectivity index (χ3v) is 5.85. The van der Waals surface area contributed by atoms with E-state index >= 15 is 0 Å². The van der Waals surface area contributed by atoms with Crippen molar-refractivity contribution in [2.75, 3.05) is 26.2 Å². The van der Waals surface area contributed by atoms with Crippen LogP contribution in [0.5, 0.6) is 0 Å². The number of hydrogen-bond donors (Lipinski definition) is 1. The fourth-order valence-electron chi connectivity index (χ4n) is 3.54. The summed E-state index contributed by atoms with van der Waals surface area (Å²) in [4.78, 5) is 29.7. The van der Waals surface area contributed by atoms with E-state index in [2.05, 4.69) is 17.4 Å². The summed E-state index contributed by atoms with van der Waals surface area (Å²) in [6.07, 6.45) is 0.739. The normalized spacial score (nSPS) is 20.2. The molecule has 1 unspecified atom stereocenters. The average Bonchev–Trinajstić information content (AvgIpc) is 3.21. The molecule has 1 saturated heterocycles. The number of nitrogens with zero attached hydrogens (tertiary/aromatic N) is 2. The van der Waals surface area contributed by atoms with E-state index < -0.39 is 0 Å². The van der Waals surface area contributed by atoms with Crippen molar-refractivity contribution in [2.24, 2.45) is 0 Å². The Morgan fingerprint density at radius 2 is 1.68 bits per heavy atom. The minimum Gasteiger partial charge on any atom is -0.338 e. The number of rotatable bonds is 2. The average molecular weight is 355 g/mol. The lowest BCUT2D eigenvalue weighted by molar-refractivity contribution is -0.135. The van der Waals surface area contributed by atoms with Crippen LogP contribution in [0.25, 0.3) is 0 Å². The fraction of sp³-hybridized carbons (Fsp3) is 0.368. The minimum absolute atomic E-state index is 0.0758. The molecular weight excluding hydrogens is 334 g/mol. The van der Waals surface area contributed by atoms with Crippen molar-refractivity contribution in [1.29, 1.82) is 0 Å². The molecule has 0 spiro atoms. The Labute approximate surface area is 151 Å². The van der Waals surface area contributed by atoms with Crippen molar-refractivity contribution in [3.63, 3.8) is 0 Å². The van der Waals surface area contributed by atoms with Gasteiger partial charge in [-0.25, -0.2) is 0 Å². The molecule has 25 heavy (non-hydrogen) atoms. The lowest BCUT2D eigenvalue weighted by atomic mass is 9.95. The zero-order chi connectivity index (χ0) is 17.2. The Morgan fingerprint density at radius 3 is 2.40 bits per heavy atom. The van der Waals surface area contributed by atoms with Crippen LogP contribution in [-0.2, 0) is 17.8 Å². The highest BCUT2D eigenvalue weighted by molar-refractivity contribution is 7.12. The molecule has 5 nitrogen and oxygen atoms in total. The Kier molecular flexibility index (Phi) is 4.55. The van der Waals surface area contributed by atoms with E-state index in [4.69, 9.17) is 0 Å². The molecule has 0 aliphatic carbocycles. The second-order valence-corrected chi connectivity index (χ2v) is 7.45. The highest BCUT2D eigenvalue weighted by Crippen LogP contribution is 2.19. The van der Waals surface area contributed by atoms with Gasteiger partial charge in [-0.1, -0.05) is 30.3 Å². The molecule has 1 aromatic carbocycles. The van der Waals surface area contributed by atoms with Gasteiger partial charge in [-0.3, -0.25) is 9.59 Å². The topological polar surface area (TPSA) is 52.7 Å². The second kappa shape index (κ2) is 6.98. The summed E-state index contributed by atoms with van der Waals surface area (Å²) in [5.41, 5.74) is 2.53. The van der Waals surface area contributed by atoms with Crippen molar-refractivity contribution in [2.45, 2.75) is 19.0 Å². The molecule has 1 fully saturated rings. The molecule has 4 rings (SSSR count). The Hall–Kier alpha value is -2.18. The molecule has 1 aromatic heterocycles. The molecule has 3 heterocycles. The first-order chi connectivity index (χ1) is 12.2. The van der Waals surface area contributed by atoms with Crippen molar-refractivity contribution in [3.05, 3.63) is 57.8 Å². The molecule has 130 valence electrons. The van der Waals surface area contributed by atoms with Gasteiger partial charge in [-0.2, -0.15) is 0 Å². The van der Waals surface area contributed by atoms with E-state index in [1.807, 2.05) is 39.4 Å². The SMILES string of the molecule is O=C(c1cccs1)N1CCN(C(=O)C2Cc3ccccc3CN2)CC1. The second-order valence-electron chi connectivity index (χ2n) is 6.50. The van der Waals surface area contributed by atoms with E-state index in [0.717, 1.165) is 17.8 Å². The van der Waals surface area contributed by atoms with Crippen LogP contribution in [0, 0.1) is 0 Å². The number of benzene rings is 1. The highest BCUT2D eigenvalue weighted by atomic mass is 32.1. The van der Waals surface area contributed by atoms with Gasteiger partial charge < -0.3 is 15.1 Å². The van der Waals surface area contributed by atoms with E-state index in [1.54, 1.807) is 0 Å². The van der Waals surface area contributed by atoms with Crippen molar-refractivity contribution in [3.8, 4) is 0 Å². The maximum atomic E-state index is 12.8. The molecular formula is C19H21N3O2S. The Bertz CT molecular complexity index is 767. The van der Waals surface area contributed by atoms with Gasteiger partial charge in [0.25, 0.3) is 5.91 Å². The maximum Gasteiger partial charge on any atom is 0.264 e. The van der Waals surface area contributed by atoms with Crippen molar-refractivity contribution < 1.29 is 9.59 Å². The number of piperazine rings is 1. The van der Waals surface area contributed by atoms with Crippen LogP contribution in [0.2, 0.25) is 0 Å². The Morgan fingerprint density at radius 1 is 0.960 bits per heavy atom. The lowest BCUT2D eigenvalue weighted by Crippen LogP contribution is -2.56. The van der Waals surface area contributed by atoms with Crippen LogP contribution in [0.4, 0.5) is 0 Å². The summed E-state index contributed by atoms with van der Waals surface area (Å²) < 4.78 is 0. The summed E-state index contributed by atoms with van der Waals surface area (Å²) in [6.45, 7) is 3.16. The van der Waals surface area contributed by atoms with Crippen LogP contribution >= 0.6 is 11.3 Å². The fourth-order valence-corrected chi connectivity index (χ4v) is 4.23. The largest absolute Gasteiger partial charge is 0.338 e.